The molecule has 1 aromatic carbocycles. The highest BCUT2D eigenvalue weighted by Crippen LogP contribution is 2.38. The minimum atomic E-state index is -0.433. The summed E-state index contributed by atoms with van der Waals surface area (Å²) in [5, 5.41) is 17.5. The quantitative estimate of drug-likeness (QED) is 0.327. The number of nitrogens with zero attached hydrogens (tertiary/aromatic N) is 5. The number of nitrogens with one attached hydrogen (secondary N) is 1. The number of piperidine rings is 1. The van der Waals surface area contributed by atoms with Crippen molar-refractivity contribution in [2.45, 2.75) is 50.2 Å². The van der Waals surface area contributed by atoms with Crippen LogP contribution in [-0.4, -0.2) is 45.0 Å². The van der Waals surface area contributed by atoms with Crippen LogP contribution in [0.2, 0.25) is 5.02 Å². The molecule has 176 valence electrons. The van der Waals surface area contributed by atoms with Crippen LogP contribution in [0, 0.1) is 17.1 Å². The number of benzene rings is 1. The SMILES string of the molecule is N#CCCN1[C@@H]2CC[C@H]1C[C@H](Nc1c(/C(N)=N/c3cc(F)ccc3Cl)cnn3cc(Br)cc13)C2. The Morgan fingerprint density at radius 3 is 2.82 bits per heavy atom. The van der Waals surface area contributed by atoms with Gasteiger partial charge in [0.05, 0.1) is 39.7 Å². The molecular formula is C24H24BrClFN7. The van der Waals surface area contributed by atoms with E-state index >= 15 is 0 Å². The van der Waals surface area contributed by atoms with Crippen molar-refractivity contribution in [1.29, 1.82) is 5.26 Å². The molecule has 2 bridgehead atoms. The third kappa shape index (κ3) is 4.50. The zero-order chi connectivity index (χ0) is 23.8. The maximum Gasteiger partial charge on any atom is 0.135 e. The monoisotopic (exact) mass is 543 g/mol. The summed E-state index contributed by atoms with van der Waals surface area (Å²) in [6.45, 7) is 0.836. The Morgan fingerprint density at radius 1 is 1.32 bits per heavy atom. The number of aromatic nitrogens is 2. The Bertz CT molecular complexity index is 1290. The molecule has 0 aliphatic carbocycles. The number of hydrogen-bond donors (Lipinski definition) is 2. The van der Waals surface area contributed by atoms with E-state index in [1.807, 2.05) is 12.3 Å². The first-order valence-electron chi connectivity index (χ1n) is 11.3. The van der Waals surface area contributed by atoms with Crippen LogP contribution >= 0.6 is 27.5 Å². The van der Waals surface area contributed by atoms with Gasteiger partial charge in [-0.2, -0.15) is 10.4 Å². The van der Waals surface area contributed by atoms with Gasteiger partial charge < -0.3 is 11.1 Å². The van der Waals surface area contributed by atoms with Crippen molar-refractivity contribution in [2.75, 3.05) is 11.9 Å². The molecule has 4 heterocycles. The average Bonchev–Trinajstić information content (AvgIpc) is 3.30. The van der Waals surface area contributed by atoms with E-state index in [1.54, 1.807) is 10.7 Å². The molecule has 2 aliphatic rings. The molecule has 0 unspecified atom stereocenters. The summed E-state index contributed by atoms with van der Waals surface area (Å²) < 4.78 is 16.4. The molecule has 2 aliphatic heterocycles. The molecule has 0 spiro atoms. The lowest BCUT2D eigenvalue weighted by Crippen LogP contribution is -2.47. The summed E-state index contributed by atoms with van der Waals surface area (Å²) in [6.07, 6.45) is 8.42. The number of nitrogens with two attached hydrogens (primary N) is 1. The molecule has 0 amide bonds. The minimum absolute atomic E-state index is 0.205. The van der Waals surface area contributed by atoms with Gasteiger partial charge in [-0.1, -0.05) is 11.6 Å². The molecule has 3 N–H and O–H groups in total. The van der Waals surface area contributed by atoms with Crippen molar-refractivity contribution in [3.63, 3.8) is 0 Å². The topological polar surface area (TPSA) is 94.7 Å². The molecule has 34 heavy (non-hydrogen) atoms. The molecule has 3 aromatic rings. The number of amidine groups is 1. The molecule has 2 fully saturated rings. The first kappa shape index (κ1) is 23.1. The summed E-state index contributed by atoms with van der Waals surface area (Å²) >= 11 is 9.75. The van der Waals surface area contributed by atoms with Gasteiger partial charge in [0, 0.05) is 47.8 Å². The minimum Gasteiger partial charge on any atom is -0.383 e. The predicted molar refractivity (Wildman–Crippen MR) is 135 cm³/mol. The highest BCUT2D eigenvalue weighted by Gasteiger charge is 2.40. The molecule has 5 rings (SSSR count). The summed E-state index contributed by atoms with van der Waals surface area (Å²) in [6, 6.07) is 9.46. The van der Waals surface area contributed by atoms with Crippen LogP contribution in [0.3, 0.4) is 0 Å². The van der Waals surface area contributed by atoms with Gasteiger partial charge in [0.1, 0.15) is 11.7 Å². The Kier molecular flexibility index (Phi) is 6.47. The largest absolute Gasteiger partial charge is 0.383 e. The van der Waals surface area contributed by atoms with Gasteiger partial charge in [0.25, 0.3) is 0 Å². The first-order chi connectivity index (χ1) is 16.4. The normalized spacial score (nSPS) is 22.8. The van der Waals surface area contributed by atoms with E-state index in [0.29, 0.717) is 29.1 Å². The van der Waals surface area contributed by atoms with Crippen LogP contribution in [-0.2, 0) is 0 Å². The van der Waals surface area contributed by atoms with Gasteiger partial charge >= 0.3 is 0 Å². The molecule has 0 radical (unpaired) electrons. The number of anilines is 1. The van der Waals surface area contributed by atoms with E-state index in [1.165, 1.54) is 18.2 Å². The zero-order valence-electron chi connectivity index (χ0n) is 18.4. The Hall–Kier alpha value is -2.67. The van der Waals surface area contributed by atoms with Gasteiger partial charge in [-0.25, -0.2) is 13.9 Å². The molecule has 2 aromatic heterocycles. The fourth-order valence-electron chi connectivity index (χ4n) is 5.27. The Labute approximate surface area is 210 Å². The maximum atomic E-state index is 13.8. The van der Waals surface area contributed by atoms with Crippen molar-refractivity contribution in [3.8, 4) is 6.07 Å². The third-order valence-electron chi connectivity index (χ3n) is 6.74. The first-order valence-corrected chi connectivity index (χ1v) is 12.5. The molecular weight excluding hydrogens is 521 g/mol. The lowest BCUT2D eigenvalue weighted by molar-refractivity contribution is 0.136. The second-order valence-corrected chi connectivity index (χ2v) is 10.2. The summed E-state index contributed by atoms with van der Waals surface area (Å²) in [5.74, 6) is -0.228. The highest BCUT2D eigenvalue weighted by molar-refractivity contribution is 9.10. The van der Waals surface area contributed by atoms with E-state index in [0.717, 1.165) is 47.9 Å². The van der Waals surface area contributed by atoms with Gasteiger partial charge in [-0.05, 0) is 59.8 Å². The van der Waals surface area contributed by atoms with E-state index in [2.05, 4.69) is 42.3 Å². The maximum absolute atomic E-state index is 13.8. The number of hydrogen-bond acceptors (Lipinski definition) is 5. The van der Waals surface area contributed by atoms with Gasteiger partial charge in [-0.3, -0.25) is 4.90 Å². The lowest BCUT2D eigenvalue weighted by Gasteiger charge is -2.39. The van der Waals surface area contributed by atoms with Crippen molar-refractivity contribution < 1.29 is 4.39 Å². The van der Waals surface area contributed by atoms with Crippen LogP contribution < -0.4 is 11.1 Å². The standard InChI is InChI=1S/C24H24BrClFN7/c25-14-8-22-23(31-16-10-17-3-4-18(11-16)33(17)7-1-6-28)19(12-30-34(22)13-14)24(29)32-21-9-15(27)2-5-20(21)26/h2,5,8-9,12-13,16-18,31H,1,3-4,7,10-11H2,(H2,29,32)/t16-,17-,18+. The van der Waals surface area contributed by atoms with E-state index in [-0.39, 0.29) is 17.6 Å². The lowest BCUT2D eigenvalue weighted by atomic mass is 9.96. The van der Waals surface area contributed by atoms with E-state index in [4.69, 9.17) is 22.6 Å². The predicted octanol–water partition coefficient (Wildman–Crippen LogP) is 5.25. The van der Waals surface area contributed by atoms with Crippen LogP contribution in [0.25, 0.3) is 5.52 Å². The smallest absolute Gasteiger partial charge is 0.135 e. The molecule has 10 heteroatoms. The van der Waals surface area contributed by atoms with Crippen LogP contribution in [0.4, 0.5) is 15.8 Å². The third-order valence-corrected chi connectivity index (χ3v) is 7.50. The number of halogens is 3. The fraction of sp³-hybridized carbons (Fsp3) is 0.375. The van der Waals surface area contributed by atoms with Crippen molar-refractivity contribution >= 4 is 50.3 Å². The Morgan fingerprint density at radius 2 is 2.09 bits per heavy atom. The number of fused-ring (bicyclic) bond motifs is 3. The highest BCUT2D eigenvalue weighted by atomic mass is 79.9. The van der Waals surface area contributed by atoms with Gasteiger partial charge in [0.2, 0.25) is 0 Å². The average molecular weight is 545 g/mol. The Balaban J connectivity index is 1.48. The second kappa shape index (κ2) is 9.53. The number of nitriles is 1. The fourth-order valence-corrected chi connectivity index (χ4v) is 5.84. The van der Waals surface area contributed by atoms with E-state index < -0.39 is 5.82 Å². The van der Waals surface area contributed by atoms with Gasteiger partial charge in [-0.15, -0.1) is 0 Å². The van der Waals surface area contributed by atoms with Crippen LogP contribution in [0.1, 0.15) is 37.7 Å². The molecule has 3 atom stereocenters. The van der Waals surface area contributed by atoms with Crippen LogP contribution in [0.5, 0.6) is 0 Å². The number of rotatable bonds is 6. The molecule has 7 nitrogen and oxygen atoms in total. The molecule has 0 saturated carbocycles. The van der Waals surface area contributed by atoms with Crippen molar-refractivity contribution in [2.24, 2.45) is 10.7 Å². The molecule has 2 saturated heterocycles. The number of aliphatic imine (C=N–C) groups is 1. The van der Waals surface area contributed by atoms with Crippen molar-refractivity contribution in [3.05, 3.63) is 57.5 Å². The van der Waals surface area contributed by atoms with E-state index in [9.17, 15) is 4.39 Å². The van der Waals surface area contributed by atoms with Gasteiger partial charge in [0.15, 0.2) is 0 Å². The van der Waals surface area contributed by atoms with Crippen LogP contribution in [0.15, 0.2) is 46.1 Å². The van der Waals surface area contributed by atoms with Crippen molar-refractivity contribution in [1.82, 2.24) is 14.5 Å². The zero-order valence-corrected chi connectivity index (χ0v) is 20.7. The second-order valence-electron chi connectivity index (χ2n) is 8.86. The summed E-state index contributed by atoms with van der Waals surface area (Å²) in [7, 11) is 0. The summed E-state index contributed by atoms with van der Waals surface area (Å²) in [5.41, 5.74) is 9.03. The summed E-state index contributed by atoms with van der Waals surface area (Å²) in [4.78, 5) is 6.93.